The van der Waals surface area contributed by atoms with Gasteiger partial charge in [-0.05, 0) is 12.1 Å². The molecule has 7 nitrogen and oxygen atoms in total. The Balaban J connectivity index is 2.69. The number of nitrogens with zero attached hydrogens (tertiary/aromatic N) is 1. The number of aromatic nitrogens is 2. The normalized spacial score (nSPS) is 11.6. The van der Waals surface area contributed by atoms with Crippen molar-refractivity contribution in [2.45, 2.75) is 4.90 Å². The van der Waals surface area contributed by atoms with Crippen LogP contribution in [-0.4, -0.2) is 41.1 Å². The standard InChI is InChI=1S/C11H8F2N2O5S/c1-21(19,20)10-5(12)2-4(9(16)8(10)13)6-3-7(11(17)18)15-14-6/h2-3,16H,1H3,(H,14,15)(H,17,18). The van der Waals surface area contributed by atoms with Crippen molar-refractivity contribution in [1.29, 1.82) is 0 Å². The van der Waals surface area contributed by atoms with Crippen LogP contribution in [0.1, 0.15) is 10.5 Å². The lowest BCUT2D eigenvalue weighted by molar-refractivity contribution is 0.0690. The molecule has 2 rings (SSSR count). The minimum Gasteiger partial charge on any atom is -0.504 e. The lowest BCUT2D eigenvalue weighted by Gasteiger charge is -2.08. The summed E-state index contributed by atoms with van der Waals surface area (Å²) in [7, 11) is -4.23. The zero-order valence-corrected chi connectivity index (χ0v) is 11.2. The van der Waals surface area contributed by atoms with Crippen molar-refractivity contribution in [3.05, 3.63) is 29.5 Å². The number of H-pyrrole nitrogens is 1. The summed E-state index contributed by atoms with van der Waals surface area (Å²) < 4.78 is 50.2. The summed E-state index contributed by atoms with van der Waals surface area (Å²) in [6.45, 7) is 0. The van der Waals surface area contributed by atoms with E-state index < -0.39 is 43.6 Å². The van der Waals surface area contributed by atoms with Gasteiger partial charge in [0.15, 0.2) is 21.4 Å². The van der Waals surface area contributed by atoms with Gasteiger partial charge in [0.25, 0.3) is 0 Å². The molecular weight excluding hydrogens is 310 g/mol. The highest BCUT2D eigenvalue weighted by molar-refractivity contribution is 7.90. The molecule has 0 atom stereocenters. The van der Waals surface area contributed by atoms with Crippen LogP contribution >= 0.6 is 0 Å². The third-order valence-electron chi connectivity index (χ3n) is 2.61. The van der Waals surface area contributed by atoms with Crippen LogP contribution in [0.4, 0.5) is 8.78 Å². The van der Waals surface area contributed by atoms with E-state index in [1.54, 1.807) is 0 Å². The Morgan fingerprint density at radius 3 is 2.43 bits per heavy atom. The fourth-order valence-electron chi connectivity index (χ4n) is 1.70. The number of rotatable bonds is 3. The highest BCUT2D eigenvalue weighted by Gasteiger charge is 2.26. The van der Waals surface area contributed by atoms with Gasteiger partial charge in [-0.3, -0.25) is 5.10 Å². The molecule has 0 saturated carbocycles. The summed E-state index contributed by atoms with van der Waals surface area (Å²) in [6.07, 6.45) is 0.588. The van der Waals surface area contributed by atoms with Gasteiger partial charge in [-0.2, -0.15) is 5.10 Å². The fraction of sp³-hybridized carbons (Fsp3) is 0.0909. The Kier molecular flexibility index (Phi) is 3.41. The number of carbonyl (C=O) groups is 1. The van der Waals surface area contributed by atoms with Crippen LogP contribution in [0.2, 0.25) is 0 Å². The van der Waals surface area contributed by atoms with E-state index in [9.17, 15) is 27.1 Å². The molecule has 3 N–H and O–H groups in total. The molecular formula is C11H8F2N2O5S. The number of aromatic carboxylic acids is 1. The Hall–Kier alpha value is -2.49. The van der Waals surface area contributed by atoms with Gasteiger partial charge in [0.05, 0.1) is 5.69 Å². The van der Waals surface area contributed by atoms with Crippen molar-refractivity contribution in [2.24, 2.45) is 0 Å². The van der Waals surface area contributed by atoms with E-state index in [1.807, 2.05) is 0 Å². The van der Waals surface area contributed by atoms with Crippen LogP contribution in [0, 0.1) is 11.6 Å². The second-order valence-corrected chi connectivity index (χ2v) is 6.09. The first kappa shape index (κ1) is 14.9. The van der Waals surface area contributed by atoms with Crippen LogP contribution in [0.25, 0.3) is 11.3 Å². The quantitative estimate of drug-likeness (QED) is 0.781. The maximum Gasteiger partial charge on any atom is 0.353 e. The number of benzene rings is 1. The molecule has 21 heavy (non-hydrogen) atoms. The molecule has 1 aromatic heterocycles. The van der Waals surface area contributed by atoms with Crippen LogP contribution in [0.3, 0.4) is 0 Å². The molecule has 10 heteroatoms. The number of sulfone groups is 1. The van der Waals surface area contributed by atoms with Crippen molar-refractivity contribution in [1.82, 2.24) is 10.2 Å². The fourth-order valence-corrected chi connectivity index (χ4v) is 2.53. The highest BCUT2D eigenvalue weighted by atomic mass is 32.2. The molecule has 0 bridgehead atoms. The predicted octanol–water partition coefficient (Wildman–Crippen LogP) is 1.16. The minimum absolute atomic E-state index is 0.247. The molecule has 0 aliphatic heterocycles. The first-order chi connectivity index (χ1) is 9.62. The van der Waals surface area contributed by atoms with Gasteiger partial charge < -0.3 is 10.2 Å². The van der Waals surface area contributed by atoms with E-state index in [0.717, 1.165) is 6.07 Å². The largest absolute Gasteiger partial charge is 0.504 e. The number of hydrogen-bond donors (Lipinski definition) is 3. The first-order valence-corrected chi connectivity index (χ1v) is 7.22. The molecule has 0 radical (unpaired) electrons. The average Bonchev–Trinajstić information content (AvgIpc) is 2.81. The number of hydrogen-bond acceptors (Lipinski definition) is 5. The highest BCUT2D eigenvalue weighted by Crippen LogP contribution is 2.35. The Labute approximate surface area is 116 Å². The van der Waals surface area contributed by atoms with Crippen LogP contribution in [0.15, 0.2) is 17.0 Å². The summed E-state index contributed by atoms with van der Waals surface area (Å²) in [4.78, 5) is 9.42. The van der Waals surface area contributed by atoms with Gasteiger partial charge in [-0.15, -0.1) is 0 Å². The van der Waals surface area contributed by atoms with Gasteiger partial charge in [-0.25, -0.2) is 22.0 Å². The molecule has 0 spiro atoms. The Morgan fingerprint density at radius 2 is 1.95 bits per heavy atom. The number of halogens is 2. The predicted molar refractivity (Wildman–Crippen MR) is 65.7 cm³/mol. The second-order valence-electron chi connectivity index (χ2n) is 4.14. The molecule has 0 unspecified atom stereocenters. The van der Waals surface area contributed by atoms with Crippen LogP contribution in [0.5, 0.6) is 5.75 Å². The molecule has 1 aromatic carbocycles. The topological polar surface area (TPSA) is 120 Å². The number of aromatic amines is 1. The molecule has 0 aliphatic carbocycles. The van der Waals surface area contributed by atoms with Crippen molar-refractivity contribution in [3.8, 4) is 17.0 Å². The lowest BCUT2D eigenvalue weighted by atomic mass is 10.1. The van der Waals surface area contributed by atoms with Crippen molar-refractivity contribution in [2.75, 3.05) is 6.26 Å². The number of aromatic hydroxyl groups is 1. The summed E-state index contributed by atoms with van der Waals surface area (Å²) in [5.74, 6) is -5.57. The monoisotopic (exact) mass is 318 g/mol. The maximum atomic E-state index is 13.8. The van der Waals surface area contributed by atoms with Gasteiger partial charge in [0, 0.05) is 11.8 Å². The third kappa shape index (κ3) is 2.57. The van der Waals surface area contributed by atoms with E-state index in [0.29, 0.717) is 12.3 Å². The summed E-state index contributed by atoms with van der Waals surface area (Å²) in [5.41, 5.74) is -1.08. The van der Waals surface area contributed by atoms with Crippen molar-refractivity contribution < 1.29 is 32.2 Å². The zero-order chi connectivity index (χ0) is 15.9. The van der Waals surface area contributed by atoms with Crippen LogP contribution in [-0.2, 0) is 9.84 Å². The molecule has 0 aliphatic rings. The average molecular weight is 318 g/mol. The van der Waals surface area contributed by atoms with Gasteiger partial charge in [-0.1, -0.05) is 0 Å². The third-order valence-corrected chi connectivity index (χ3v) is 3.72. The maximum absolute atomic E-state index is 13.8. The van der Waals surface area contributed by atoms with E-state index in [1.165, 1.54) is 0 Å². The molecule has 0 saturated heterocycles. The molecule has 2 aromatic rings. The van der Waals surface area contributed by atoms with Gasteiger partial charge in [0.1, 0.15) is 16.4 Å². The molecule has 0 amide bonds. The minimum atomic E-state index is -4.23. The van der Waals surface area contributed by atoms with E-state index in [4.69, 9.17) is 5.11 Å². The zero-order valence-electron chi connectivity index (χ0n) is 10.4. The van der Waals surface area contributed by atoms with E-state index >= 15 is 0 Å². The number of phenols is 1. The van der Waals surface area contributed by atoms with Crippen molar-refractivity contribution >= 4 is 15.8 Å². The number of nitrogens with one attached hydrogen (secondary N) is 1. The summed E-state index contributed by atoms with van der Waals surface area (Å²) >= 11 is 0. The molecule has 0 fully saturated rings. The van der Waals surface area contributed by atoms with Gasteiger partial charge >= 0.3 is 5.97 Å². The van der Waals surface area contributed by atoms with E-state index in [2.05, 4.69) is 10.2 Å². The first-order valence-electron chi connectivity index (χ1n) is 5.33. The number of carboxylic acid groups (broad SMARTS) is 1. The van der Waals surface area contributed by atoms with E-state index in [-0.39, 0.29) is 11.4 Å². The van der Waals surface area contributed by atoms with Gasteiger partial charge in [0.2, 0.25) is 0 Å². The smallest absolute Gasteiger partial charge is 0.353 e. The molecule has 112 valence electrons. The summed E-state index contributed by atoms with van der Waals surface area (Å²) in [5, 5.41) is 24.0. The summed E-state index contributed by atoms with van der Waals surface area (Å²) in [6, 6.07) is 1.51. The SMILES string of the molecule is CS(=O)(=O)c1c(F)cc(-c2cc(C(=O)O)[nH]n2)c(O)c1F. The molecule has 1 heterocycles. The van der Waals surface area contributed by atoms with Crippen LogP contribution < -0.4 is 0 Å². The number of carboxylic acids is 1. The Morgan fingerprint density at radius 1 is 1.33 bits per heavy atom. The lowest BCUT2D eigenvalue weighted by Crippen LogP contribution is -2.05. The second kappa shape index (κ2) is 4.81. The van der Waals surface area contributed by atoms with Crippen molar-refractivity contribution in [3.63, 3.8) is 0 Å². The number of phenolic OH excluding ortho intramolecular Hbond substituents is 1. The Bertz CT molecular complexity index is 845.